The second-order valence-corrected chi connectivity index (χ2v) is 5.62. The lowest BCUT2D eigenvalue weighted by Crippen LogP contribution is -1.77. The van der Waals surface area contributed by atoms with E-state index < -0.39 is 0 Å². The number of nitrogens with zero attached hydrogens (tertiary/aromatic N) is 1. The highest BCUT2D eigenvalue weighted by molar-refractivity contribution is 9.10. The number of benzene rings is 1. The van der Waals surface area contributed by atoms with Crippen molar-refractivity contribution >= 4 is 39.0 Å². The Morgan fingerprint density at radius 2 is 2.36 bits per heavy atom. The number of rotatable bonds is 3. The summed E-state index contributed by atoms with van der Waals surface area (Å²) in [6.45, 7) is 0. The maximum absolute atomic E-state index is 4.24. The maximum atomic E-state index is 4.24. The van der Waals surface area contributed by atoms with Crippen molar-refractivity contribution in [1.82, 2.24) is 4.98 Å². The minimum Gasteiger partial charge on any atom is -0.249 e. The second-order valence-electron chi connectivity index (χ2n) is 2.67. The molecular formula is C10H8BrNS2. The highest BCUT2D eigenvalue weighted by Gasteiger charge is 1.98. The molecule has 4 heteroatoms. The number of hydrogen-bond donors (Lipinski definition) is 0. The van der Waals surface area contributed by atoms with E-state index in [0.717, 1.165) is 10.2 Å². The summed E-state index contributed by atoms with van der Waals surface area (Å²) in [5, 5.41) is 3.19. The van der Waals surface area contributed by atoms with E-state index in [1.807, 2.05) is 35.5 Å². The van der Waals surface area contributed by atoms with Crippen LogP contribution < -0.4 is 0 Å². The number of thiazole rings is 1. The molecule has 0 aliphatic heterocycles. The van der Waals surface area contributed by atoms with Gasteiger partial charge in [-0.2, -0.15) is 0 Å². The molecule has 0 amide bonds. The zero-order chi connectivity index (χ0) is 9.80. The molecule has 0 aliphatic rings. The van der Waals surface area contributed by atoms with Crippen LogP contribution in [-0.2, 0) is 5.75 Å². The lowest BCUT2D eigenvalue weighted by molar-refractivity contribution is 1.26. The van der Waals surface area contributed by atoms with E-state index in [1.165, 1.54) is 9.90 Å². The number of thioether (sulfide) groups is 1. The van der Waals surface area contributed by atoms with E-state index in [2.05, 4.69) is 33.0 Å². The first-order chi connectivity index (χ1) is 6.84. The number of halogens is 1. The average molecular weight is 286 g/mol. The van der Waals surface area contributed by atoms with Crippen LogP contribution in [0.5, 0.6) is 0 Å². The first kappa shape index (κ1) is 10.2. The standard InChI is InChI=1S/C10H8BrNS2/c11-8-2-1-3-9(6-8)14-7-10-12-4-5-13-10/h1-6H,7H2. The van der Waals surface area contributed by atoms with Gasteiger partial charge < -0.3 is 0 Å². The van der Waals surface area contributed by atoms with E-state index >= 15 is 0 Å². The summed E-state index contributed by atoms with van der Waals surface area (Å²) < 4.78 is 1.13. The summed E-state index contributed by atoms with van der Waals surface area (Å²) in [6, 6.07) is 8.32. The van der Waals surface area contributed by atoms with E-state index in [1.54, 1.807) is 11.3 Å². The van der Waals surface area contributed by atoms with Crippen molar-refractivity contribution in [3.05, 3.63) is 45.3 Å². The van der Waals surface area contributed by atoms with Gasteiger partial charge in [-0.25, -0.2) is 4.98 Å². The van der Waals surface area contributed by atoms with Gasteiger partial charge in [0, 0.05) is 20.9 Å². The van der Waals surface area contributed by atoms with Crippen molar-refractivity contribution in [2.75, 3.05) is 0 Å². The van der Waals surface area contributed by atoms with Crippen molar-refractivity contribution in [1.29, 1.82) is 0 Å². The third-order valence-corrected chi connectivity index (χ3v) is 4.10. The molecule has 0 aliphatic carbocycles. The molecule has 0 atom stereocenters. The van der Waals surface area contributed by atoms with Crippen LogP contribution in [0.25, 0.3) is 0 Å². The molecule has 0 fully saturated rings. The summed E-state index contributed by atoms with van der Waals surface area (Å²) in [5.41, 5.74) is 0. The Morgan fingerprint density at radius 1 is 1.43 bits per heavy atom. The van der Waals surface area contributed by atoms with Gasteiger partial charge in [0.1, 0.15) is 5.01 Å². The molecule has 1 heterocycles. The first-order valence-corrected chi connectivity index (χ1v) is 6.77. The molecule has 0 saturated carbocycles. The fourth-order valence-electron chi connectivity index (χ4n) is 1.03. The van der Waals surface area contributed by atoms with Crippen LogP contribution in [0.1, 0.15) is 5.01 Å². The first-order valence-electron chi connectivity index (χ1n) is 4.11. The Morgan fingerprint density at radius 3 is 3.07 bits per heavy atom. The van der Waals surface area contributed by atoms with Crippen LogP contribution in [0.3, 0.4) is 0 Å². The minimum absolute atomic E-state index is 0.953. The average Bonchev–Trinajstić information content (AvgIpc) is 2.67. The fourth-order valence-corrected chi connectivity index (χ4v) is 3.18. The highest BCUT2D eigenvalue weighted by Crippen LogP contribution is 2.25. The Kier molecular flexibility index (Phi) is 3.61. The Labute approximate surface area is 99.7 Å². The van der Waals surface area contributed by atoms with Gasteiger partial charge in [-0.15, -0.1) is 23.1 Å². The van der Waals surface area contributed by atoms with Crippen molar-refractivity contribution in [2.45, 2.75) is 10.6 Å². The lowest BCUT2D eigenvalue weighted by Gasteiger charge is -1.99. The normalized spacial score (nSPS) is 10.4. The van der Waals surface area contributed by atoms with Gasteiger partial charge in [-0.3, -0.25) is 0 Å². The molecule has 0 spiro atoms. The molecule has 2 aromatic rings. The quantitative estimate of drug-likeness (QED) is 0.784. The minimum atomic E-state index is 0.953. The van der Waals surface area contributed by atoms with Crippen LogP contribution in [0.15, 0.2) is 45.2 Å². The highest BCUT2D eigenvalue weighted by atomic mass is 79.9. The largest absolute Gasteiger partial charge is 0.249 e. The van der Waals surface area contributed by atoms with Gasteiger partial charge in [-0.1, -0.05) is 22.0 Å². The SMILES string of the molecule is Brc1cccc(SCc2nccs2)c1. The zero-order valence-electron chi connectivity index (χ0n) is 7.31. The van der Waals surface area contributed by atoms with Crippen LogP contribution >= 0.6 is 39.0 Å². The van der Waals surface area contributed by atoms with Gasteiger partial charge >= 0.3 is 0 Å². The summed E-state index contributed by atoms with van der Waals surface area (Å²) in [6.07, 6.45) is 1.85. The molecule has 0 unspecified atom stereocenters. The molecule has 1 aromatic heterocycles. The van der Waals surface area contributed by atoms with Crippen molar-refractivity contribution in [3.8, 4) is 0 Å². The molecule has 0 N–H and O–H groups in total. The zero-order valence-corrected chi connectivity index (χ0v) is 10.5. The van der Waals surface area contributed by atoms with Gasteiger partial charge in [0.2, 0.25) is 0 Å². The van der Waals surface area contributed by atoms with Gasteiger partial charge in [-0.05, 0) is 18.2 Å². The van der Waals surface area contributed by atoms with Crippen LogP contribution in [0.4, 0.5) is 0 Å². The maximum Gasteiger partial charge on any atom is 0.103 e. The molecule has 1 nitrogen and oxygen atoms in total. The molecule has 1 aromatic carbocycles. The molecule has 14 heavy (non-hydrogen) atoms. The van der Waals surface area contributed by atoms with Gasteiger partial charge in [0.15, 0.2) is 0 Å². The van der Waals surface area contributed by atoms with Crippen molar-refractivity contribution in [3.63, 3.8) is 0 Å². The molecular weight excluding hydrogens is 278 g/mol. The third-order valence-electron chi connectivity index (χ3n) is 1.64. The predicted octanol–water partition coefficient (Wildman–Crippen LogP) is 4.20. The van der Waals surface area contributed by atoms with Crippen molar-refractivity contribution in [2.24, 2.45) is 0 Å². The molecule has 0 bridgehead atoms. The monoisotopic (exact) mass is 285 g/mol. The Balaban J connectivity index is 1.98. The van der Waals surface area contributed by atoms with Crippen LogP contribution in [0.2, 0.25) is 0 Å². The molecule has 72 valence electrons. The lowest BCUT2D eigenvalue weighted by atomic mass is 10.4. The number of aromatic nitrogens is 1. The predicted molar refractivity (Wildman–Crippen MR) is 65.8 cm³/mol. The van der Waals surface area contributed by atoms with E-state index in [0.29, 0.717) is 0 Å². The summed E-state index contributed by atoms with van der Waals surface area (Å²) in [7, 11) is 0. The van der Waals surface area contributed by atoms with Gasteiger partial charge in [0.25, 0.3) is 0 Å². The fraction of sp³-hybridized carbons (Fsp3) is 0.100. The summed E-state index contributed by atoms with van der Waals surface area (Å²) in [5.74, 6) is 0.953. The summed E-state index contributed by atoms with van der Waals surface area (Å²) >= 11 is 6.97. The Bertz CT molecular complexity index is 400. The van der Waals surface area contributed by atoms with E-state index in [4.69, 9.17) is 0 Å². The summed E-state index contributed by atoms with van der Waals surface area (Å²) in [4.78, 5) is 5.51. The smallest absolute Gasteiger partial charge is 0.103 e. The topological polar surface area (TPSA) is 12.9 Å². The van der Waals surface area contributed by atoms with E-state index in [-0.39, 0.29) is 0 Å². The van der Waals surface area contributed by atoms with E-state index in [9.17, 15) is 0 Å². The molecule has 2 rings (SSSR count). The van der Waals surface area contributed by atoms with Crippen LogP contribution in [-0.4, -0.2) is 4.98 Å². The van der Waals surface area contributed by atoms with Crippen molar-refractivity contribution < 1.29 is 0 Å². The Hall–Kier alpha value is -0.320. The van der Waals surface area contributed by atoms with Crippen LogP contribution in [0, 0.1) is 0 Å². The second kappa shape index (κ2) is 4.96. The third kappa shape index (κ3) is 2.83. The molecule has 0 radical (unpaired) electrons. The van der Waals surface area contributed by atoms with Gasteiger partial charge in [0.05, 0.1) is 5.75 Å². The number of hydrogen-bond acceptors (Lipinski definition) is 3. The molecule has 0 saturated heterocycles.